The summed E-state index contributed by atoms with van der Waals surface area (Å²) < 4.78 is 0. The van der Waals surface area contributed by atoms with Crippen molar-refractivity contribution < 1.29 is 4.79 Å². The predicted molar refractivity (Wildman–Crippen MR) is 85.2 cm³/mol. The predicted octanol–water partition coefficient (Wildman–Crippen LogP) is 4.00. The summed E-state index contributed by atoms with van der Waals surface area (Å²) in [6.45, 7) is 2.04. The molecule has 0 spiro atoms. The van der Waals surface area contributed by atoms with Crippen molar-refractivity contribution in [2.75, 3.05) is 7.05 Å². The van der Waals surface area contributed by atoms with Crippen LogP contribution in [0.5, 0.6) is 0 Å². The lowest BCUT2D eigenvalue weighted by Crippen LogP contribution is -2.29. The standard InChI is InChI=1S/C18H18N2O/c1-13(14-7-4-3-5-8-14)20(2)18(21)16-10-6-9-15-11-12-19-17(15)16/h3-13,19H,1-2H3. The van der Waals surface area contributed by atoms with Crippen LogP contribution in [0.1, 0.15) is 28.9 Å². The van der Waals surface area contributed by atoms with E-state index in [2.05, 4.69) is 4.98 Å². The average molecular weight is 278 g/mol. The molecule has 0 saturated heterocycles. The van der Waals surface area contributed by atoms with Crippen molar-refractivity contribution in [1.82, 2.24) is 9.88 Å². The Morgan fingerprint density at radius 3 is 2.57 bits per heavy atom. The van der Waals surface area contributed by atoms with Gasteiger partial charge in [-0.05, 0) is 24.6 Å². The van der Waals surface area contributed by atoms with Crippen LogP contribution in [-0.4, -0.2) is 22.8 Å². The van der Waals surface area contributed by atoms with Crippen LogP contribution < -0.4 is 0 Å². The Balaban J connectivity index is 1.93. The molecule has 1 amide bonds. The number of nitrogens with one attached hydrogen (secondary N) is 1. The minimum atomic E-state index is 0.0272. The largest absolute Gasteiger partial charge is 0.361 e. The molecule has 3 aromatic rings. The minimum Gasteiger partial charge on any atom is -0.361 e. The molecule has 21 heavy (non-hydrogen) atoms. The third kappa shape index (κ3) is 2.42. The number of amides is 1. The van der Waals surface area contributed by atoms with Crippen LogP contribution in [0.2, 0.25) is 0 Å². The van der Waals surface area contributed by atoms with Crippen LogP contribution in [0.25, 0.3) is 10.9 Å². The zero-order valence-electron chi connectivity index (χ0n) is 12.2. The van der Waals surface area contributed by atoms with E-state index in [4.69, 9.17) is 0 Å². The van der Waals surface area contributed by atoms with E-state index in [1.54, 1.807) is 4.90 Å². The molecular weight excluding hydrogens is 260 g/mol. The van der Waals surface area contributed by atoms with E-state index in [-0.39, 0.29) is 11.9 Å². The summed E-state index contributed by atoms with van der Waals surface area (Å²) in [6, 6.07) is 17.9. The first-order valence-electron chi connectivity index (χ1n) is 7.06. The van der Waals surface area contributed by atoms with Gasteiger partial charge in [-0.2, -0.15) is 0 Å². The Bertz CT molecular complexity index is 761. The second-order valence-electron chi connectivity index (χ2n) is 5.25. The van der Waals surface area contributed by atoms with Crippen LogP contribution in [0, 0.1) is 0 Å². The fraction of sp³-hybridized carbons (Fsp3) is 0.167. The third-order valence-electron chi connectivity index (χ3n) is 4.00. The Morgan fingerprint density at radius 2 is 1.81 bits per heavy atom. The number of hydrogen-bond acceptors (Lipinski definition) is 1. The topological polar surface area (TPSA) is 36.1 Å². The maximum absolute atomic E-state index is 12.8. The average Bonchev–Trinajstić information content (AvgIpc) is 3.02. The summed E-state index contributed by atoms with van der Waals surface area (Å²) in [5.41, 5.74) is 2.74. The third-order valence-corrected chi connectivity index (χ3v) is 4.00. The smallest absolute Gasteiger partial charge is 0.256 e. The fourth-order valence-electron chi connectivity index (χ4n) is 2.58. The molecule has 1 heterocycles. The molecule has 0 bridgehead atoms. The Kier molecular flexibility index (Phi) is 3.48. The summed E-state index contributed by atoms with van der Waals surface area (Å²) >= 11 is 0. The van der Waals surface area contributed by atoms with E-state index >= 15 is 0 Å². The Morgan fingerprint density at radius 1 is 1.05 bits per heavy atom. The summed E-state index contributed by atoms with van der Waals surface area (Å²) in [4.78, 5) is 17.7. The molecule has 1 aromatic heterocycles. The number of aromatic nitrogens is 1. The first-order valence-corrected chi connectivity index (χ1v) is 7.06. The van der Waals surface area contributed by atoms with Crippen molar-refractivity contribution in [3.8, 4) is 0 Å². The number of H-pyrrole nitrogens is 1. The number of carbonyl (C=O) groups excluding carboxylic acids is 1. The van der Waals surface area contributed by atoms with Gasteiger partial charge in [0.15, 0.2) is 0 Å². The van der Waals surface area contributed by atoms with Crippen LogP contribution in [-0.2, 0) is 0 Å². The van der Waals surface area contributed by atoms with Crippen molar-refractivity contribution in [2.24, 2.45) is 0 Å². The highest BCUT2D eigenvalue weighted by atomic mass is 16.2. The summed E-state index contributed by atoms with van der Waals surface area (Å²) in [7, 11) is 1.85. The minimum absolute atomic E-state index is 0.0272. The lowest BCUT2D eigenvalue weighted by atomic mass is 10.1. The molecule has 3 rings (SSSR count). The van der Waals surface area contributed by atoms with Gasteiger partial charge in [-0.25, -0.2) is 0 Å². The van der Waals surface area contributed by atoms with E-state index in [9.17, 15) is 4.79 Å². The normalized spacial score (nSPS) is 12.3. The molecule has 0 aliphatic rings. The number of hydrogen-bond donors (Lipinski definition) is 1. The van der Waals surface area contributed by atoms with Gasteiger partial charge < -0.3 is 9.88 Å². The number of benzene rings is 2. The molecule has 0 saturated carbocycles. The van der Waals surface area contributed by atoms with Gasteiger partial charge in [-0.1, -0.05) is 42.5 Å². The molecule has 2 aromatic carbocycles. The van der Waals surface area contributed by atoms with E-state index in [0.29, 0.717) is 5.56 Å². The van der Waals surface area contributed by atoms with Crippen molar-refractivity contribution in [3.63, 3.8) is 0 Å². The number of nitrogens with zero attached hydrogens (tertiary/aromatic N) is 1. The van der Waals surface area contributed by atoms with Crippen LogP contribution in [0.15, 0.2) is 60.8 Å². The van der Waals surface area contributed by atoms with Gasteiger partial charge >= 0.3 is 0 Å². The van der Waals surface area contributed by atoms with Crippen molar-refractivity contribution in [2.45, 2.75) is 13.0 Å². The Hall–Kier alpha value is -2.55. The molecule has 0 aliphatic heterocycles. The molecule has 1 unspecified atom stereocenters. The van der Waals surface area contributed by atoms with Gasteiger partial charge in [0.25, 0.3) is 5.91 Å². The van der Waals surface area contributed by atoms with Gasteiger partial charge in [0, 0.05) is 18.6 Å². The zero-order valence-corrected chi connectivity index (χ0v) is 12.2. The summed E-state index contributed by atoms with van der Waals surface area (Å²) in [5, 5.41) is 1.06. The van der Waals surface area contributed by atoms with E-state index in [1.165, 1.54) is 0 Å². The SMILES string of the molecule is CC(c1ccccc1)N(C)C(=O)c1cccc2cc[nH]c12. The number of fused-ring (bicyclic) bond motifs is 1. The van der Waals surface area contributed by atoms with Gasteiger partial charge in [0.1, 0.15) is 0 Å². The van der Waals surface area contributed by atoms with Crippen LogP contribution in [0.4, 0.5) is 0 Å². The lowest BCUT2D eigenvalue weighted by molar-refractivity contribution is 0.0744. The fourth-order valence-corrected chi connectivity index (χ4v) is 2.58. The van der Waals surface area contributed by atoms with Gasteiger partial charge in [0.05, 0.1) is 17.1 Å². The molecule has 0 fully saturated rings. The number of para-hydroxylation sites is 1. The number of aromatic amines is 1. The summed E-state index contributed by atoms with van der Waals surface area (Å²) in [5.74, 6) is 0.0272. The summed E-state index contributed by atoms with van der Waals surface area (Å²) in [6.07, 6.45) is 1.86. The second kappa shape index (κ2) is 5.44. The lowest BCUT2D eigenvalue weighted by Gasteiger charge is -2.25. The van der Waals surface area contributed by atoms with Crippen molar-refractivity contribution in [3.05, 3.63) is 71.9 Å². The maximum atomic E-state index is 12.8. The molecule has 1 N–H and O–H groups in total. The van der Waals surface area contributed by atoms with Crippen LogP contribution in [0.3, 0.4) is 0 Å². The maximum Gasteiger partial charge on any atom is 0.256 e. The van der Waals surface area contributed by atoms with E-state index in [0.717, 1.165) is 16.5 Å². The first-order chi connectivity index (χ1) is 10.2. The number of rotatable bonds is 3. The monoisotopic (exact) mass is 278 g/mol. The van der Waals surface area contributed by atoms with E-state index < -0.39 is 0 Å². The van der Waals surface area contributed by atoms with Gasteiger partial charge in [-0.3, -0.25) is 4.79 Å². The highest BCUT2D eigenvalue weighted by Gasteiger charge is 2.20. The highest BCUT2D eigenvalue weighted by molar-refractivity contribution is 6.05. The first kappa shape index (κ1) is 13.4. The van der Waals surface area contributed by atoms with Crippen LogP contribution >= 0.6 is 0 Å². The Labute approximate surface area is 124 Å². The molecule has 0 radical (unpaired) electrons. The highest BCUT2D eigenvalue weighted by Crippen LogP contribution is 2.23. The quantitative estimate of drug-likeness (QED) is 0.772. The zero-order chi connectivity index (χ0) is 14.8. The molecule has 3 nitrogen and oxygen atoms in total. The van der Waals surface area contributed by atoms with Crippen molar-refractivity contribution >= 4 is 16.8 Å². The van der Waals surface area contributed by atoms with Crippen molar-refractivity contribution in [1.29, 1.82) is 0 Å². The molecule has 0 aliphatic carbocycles. The molecule has 1 atom stereocenters. The molecular formula is C18H18N2O. The van der Waals surface area contributed by atoms with Gasteiger partial charge in [0.2, 0.25) is 0 Å². The second-order valence-corrected chi connectivity index (χ2v) is 5.25. The van der Waals surface area contributed by atoms with E-state index in [1.807, 2.05) is 74.8 Å². The number of carbonyl (C=O) groups is 1. The molecule has 106 valence electrons. The van der Waals surface area contributed by atoms with Gasteiger partial charge in [-0.15, -0.1) is 0 Å². The molecule has 3 heteroatoms.